The number of nitrogens with one attached hydrogen (secondary N) is 1. The maximum Gasteiger partial charge on any atom is 0.0181 e. The number of hydrogen-bond donors (Lipinski definition) is 1. The second-order valence-electron chi connectivity index (χ2n) is 5.96. The third kappa shape index (κ3) is 1.32. The van der Waals surface area contributed by atoms with Crippen molar-refractivity contribution in [3.63, 3.8) is 0 Å². The van der Waals surface area contributed by atoms with Crippen molar-refractivity contribution in [3.8, 4) is 0 Å². The van der Waals surface area contributed by atoms with E-state index >= 15 is 0 Å². The number of rotatable bonds is 1. The van der Waals surface area contributed by atoms with Crippen molar-refractivity contribution in [2.24, 2.45) is 17.3 Å². The molecule has 0 unspecified atom stereocenters. The Labute approximate surface area is 82.3 Å². The Balaban J connectivity index is 2.07. The Morgan fingerprint density at radius 1 is 1.15 bits per heavy atom. The second kappa shape index (κ2) is 2.73. The highest BCUT2D eigenvalue weighted by Crippen LogP contribution is 2.60. The monoisotopic (exact) mass is 181 g/mol. The fourth-order valence-electron chi connectivity index (χ4n) is 3.96. The van der Waals surface area contributed by atoms with Gasteiger partial charge in [-0.05, 0) is 56.9 Å². The lowest BCUT2D eigenvalue weighted by Crippen LogP contribution is -2.44. The molecule has 2 atom stereocenters. The standard InChI is InChI=1S/C12H23N/c1-9-5-12(6-9)7-10(2)11(3,8-12)13-4/h9-10,13H,5-8H2,1-4H3/t9?,10-,11-,12?/m1/s1. The molecule has 2 aliphatic rings. The zero-order valence-corrected chi connectivity index (χ0v) is 9.48. The Morgan fingerprint density at radius 2 is 1.77 bits per heavy atom. The van der Waals surface area contributed by atoms with Crippen LogP contribution in [0.25, 0.3) is 0 Å². The van der Waals surface area contributed by atoms with Crippen LogP contribution in [-0.2, 0) is 0 Å². The minimum Gasteiger partial charge on any atom is -0.314 e. The van der Waals surface area contributed by atoms with E-state index in [-0.39, 0.29) is 0 Å². The smallest absolute Gasteiger partial charge is 0.0181 e. The highest BCUT2D eigenvalue weighted by Gasteiger charge is 2.54. The molecule has 0 aromatic rings. The Kier molecular flexibility index (Phi) is 1.99. The summed E-state index contributed by atoms with van der Waals surface area (Å²) in [6.07, 6.45) is 5.82. The summed E-state index contributed by atoms with van der Waals surface area (Å²) < 4.78 is 0. The fourth-order valence-corrected chi connectivity index (χ4v) is 3.96. The first-order valence-corrected chi connectivity index (χ1v) is 5.69. The molecule has 0 amide bonds. The van der Waals surface area contributed by atoms with E-state index in [4.69, 9.17) is 0 Å². The van der Waals surface area contributed by atoms with Crippen LogP contribution in [0.2, 0.25) is 0 Å². The summed E-state index contributed by atoms with van der Waals surface area (Å²) in [5.74, 6) is 1.84. The summed E-state index contributed by atoms with van der Waals surface area (Å²) in [6.45, 7) is 7.20. The first-order chi connectivity index (χ1) is 6.00. The van der Waals surface area contributed by atoms with Gasteiger partial charge in [0.05, 0.1) is 0 Å². The molecule has 0 aromatic carbocycles. The van der Waals surface area contributed by atoms with Crippen LogP contribution in [0.15, 0.2) is 0 Å². The van der Waals surface area contributed by atoms with Gasteiger partial charge in [-0.3, -0.25) is 0 Å². The molecule has 1 heteroatoms. The van der Waals surface area contributed by atoms with Gasteiger partial charge in [-0.1, -0.05) is 13.8 Å². The molecule has 2 saturated carbocycles. The van der Waals surface area contributed by atoms with Crippen LogP contribution in [0.5, 0.6) is 0 Å². The van der Waals surface area contributed by atoms with Crippen molar-refractivity contribution in [1.82, 2.24) is 5.32 Å². The Hall–Kier alpha value is -0.0400. The minimum absolute atomic E-state index is 0.417. The van der Waals surface area contributed by atoms with Crippen LogP contribution in [0, 0.1) is 17.3 Å². The average molecular weight is 181 g/mol. The molecule has 13 heavy (non-hydrogen) atoms. The quantitative estimate of drug-likeness (QED) is 0.656. The molecular formula is C12H23N. The molecule has 2 fully saturated rings. The normalized spacial score (nSPS) is 55.4. The van der Waals surface area contributed by atoms with E-state index in [0.29, 0.717) is 5.54 Å². The SMILES string of the molecule is CN[C@]1(C)CC2(CC(C)C2)C[C@H]1C. The molecule has 0 aliphatic heterocycles. The van der Waals surface area contributed by atoms with Crippen molar-refractivity contribution in [3.05, 3.63) is 0 Å². The minimum atomic E-state index is 0.417. The van der Waals surface area contributed by atoms with Gasteiger partial charge in [0.25, 0.3) is 0 Å². The molecule has 2 rings (SSSR count). The van der Waals surface area contributed by atoms with Crippen molar-refractivity contribution >= 4 is 0 Å². The Bertz CT molecular complexity index is 205. The van der Waals surface area contributed by atoms with Crippen molar-refractivity contribution in [1.29, 1.82) is 0 Å². The van der Waals surface area contributed by atoms with E-state index in [2.05, 4.69) is 33.1 Å². The van der Waals surface area contributed by atoms with E-state index in [0.717, 1.165) is 17.3 Å². The van der Waals surface area contributed by atoms with Crippen molar-refractivity contribution in [2.75, 3.05) is 7.05 Å². The van der Waals surface area contributed by atoms with Crippen LogP contribution >= 0.6 is 0 Å². The Morgan fingerprint density at radius 3 is 2.15 bits per heavy atom. The van der Waals surface area contributed by atoms with E-state index in [1.165, 1.54) is 25.7 Å². The molecule has 1 N–H and O–H groups in total. The molecule has 0 aromatic heterocycles. The lowest BCUT2D eigenvalue weighted by molar-refractivity contribution is 0.0645. The topological polar surface area (TPSA) is 12.0 Å². The fraction of sp³-hybridized carbons (Fsp3) is 1.00. The molecule has 2 aliphatic carbocycles. The first kappa shape index (κ1) is 9.51. The average Bonchev–Trinajstić information content (AvgIpc) is 2.25. The lowest BCUT2D eigenvalue weighted by Gasteiger charge is -2.45. The molecular weight excluding hydrogens is 158 g/mol. The summed E-state index contributed by atoms with van der Waals surface area (Å²) in [4.78, 5) is 0. The largest absolute Gasteiger partial charge is 0.314 e. The summed E-state index contributed by atoms with van der Waals surface area (Å²) in [6, 6.07) is 0. The predicted octanol–water partition coefficient (Wildman–Crippen LogP) is 2.81. The zero-order valence-electron chi connectivity index (χ0n) is 9.48. The summed E-state index contributed by atoms with van der Waals surface area (Å²) >= 11 is 0. The predicted molar refractivity (Wildman–Crippen MR) is 56.7 cm³/mol. The molecule has 1 spiro atoms. The van der Waals surface area contributed by atoms with E-state index in [1.807, 2.05) is 0 Å². The van der Waals surface area contributed by atoms with Gasteiger partial charge in [0.2, 0.25) is 0 Å². The summed E-state index contributed by atoms with van der Waals surface area (Å²) in [5, 5.41) is 3.53. The van der Waals surface area contributed by atoms with Gasteiger partial charge in [0.15, 0.2) is 0 Å². The van der Waals surface area contributed by atoms with Gasteiger partial charge in [-0.25, -0.2) is 0 Å². The summed E-state index contributed by atoms with van der Waals surface area (Å²) in [7, 11) is 2.12. The zero-order chi connectivity index (χ0) is 9.69. The first-order valence-electron chi connectivity index (χ1n) is 5.69. The van der Waals surface area contributed by atoms with Crippen LogP contribution in [0.1, 0.15) is 46.5 Å². The van der Waals surface area contributed by atoms with Gasteiger partial charge in [0.1, 0.15) is 0 Å². The van der Waals surface area contributed by atoms with Crippen molar-refractivity contribution < 1.29 is 0 Å². The van der Waals surface area contributed by atoms with E-state index in [1.54, 1.807) is 0 Å². The second-order valence-corrected chi connectivity index (χ2v) is 5.96. The molecule has 0 heterocycles. The molecule has 0 bridgehead atoms. The van der Waals surface area contributed by atoms with Crippen LogP contribution < -0.4 is 5.32 Å². The number of hydrogen-bond acceptors (Lipinski definition) is 1. The van der Waals surface area contributed by atoms with Crippen LogP contribution in [0.3, 0.4) is 0 Å². The van der Waals surface area contributed by atoms with E-state index < -0.39 is 0 Å². The van der Waals surface area contributed by atoms with Gasteiger partial charge < -0.3 is 5.32 Å². The van der Waals surface area contributed by atoms with Gasteiger partial charge in [-0.2, -0.15) is 0 Å². The van der Waals surface area contributed by atoms with Crippen LogP contribution in [0.4, 0.5) is 0 Å². The third-order valence-electron chi connectivity index (χ3n) is 4.70. The maximum atomic E-state index is 3.53. The highest BCUT2D eigenvalue weighted by molar-refractivity contribution is 5.08. The summed E-state index contributed by atoms with van der Waals surface area (Å²) in [5.41, 5.74) is 1.15. The van der Waals surface area contributed by atoms with Gasteiger partial charge in [0, 0.05) is 5.54 Å². The lowest BCUT2D eigenvalue weighted by atomic mass is 9.61. The van der Waals surface area contributed by atoms with Gasteiger partial charge >= 0.3 is 0 Å². The molecule has 1 nitrogen and oxygen atoms in total. The van der Waals surface area contributed by atoms with Gasteiger partial charge in [-0.15, -0.1) is 0 Å². The molecule has 0 saturated heterocycles. The molecule has 0 radical (unpaired) electrons. The maximum absolute atomic E-state index is 3.53. The van der Waals surface area contributed by atoms with Crippen LogP contribution in [-0.4, -0.2) is 12.6 Å². The third-order valence-corrected chi connectivity index (χ3v) is 4.70. The van der Waals surface area contributed by atoms with E-state index in [9.17, 15) is 0 Å². The van der Waals surface area contributed by atoms with Crippen molar-refractivity contribution in [2.45, 2.75) is 52.0 Å². The molecule has 76 valence electrons. The highest BCUT2D eigenvalue weighted by atomic mass is 15.0.